The molecule has 5 atom stereocenters. The van der Waals surface area contributed by atoms with Gasteiger partial charge in [0.05, 0.1) is 0 Å². The van der Waals surface area contributed by atoms with Gasteiger partial charge in [0.15, 0.2) is 0 Å². The largest absolute Gasteiger partial charge is 0.508 e. The molecule has 2 fully saturated rings. The Labute approximate surface area is 136 Å². The van der Waals surface area contributed by atoms with E-state index in [1.54, 1.807) is 18.2 Å². The monoisotopic (exact) mass is 314 g/mol. The Morgan fingerprint density at radius 3 is 2.74 bits per heavy atom. The molecule has 3 heteroatoms. The summed E-state index contributed by atoms with van der Waals surface area (Å²) >= 11 is 0. The zero-order valence-corrected chi connectivity index (χ0v) is 13.5. The molecule has 0 aromatic heterocycles. The molecular formula is C20H23FO2. The number of alkyl halides is 1. The van der Waals surface area contributed by atoms with Gasteiger partial charge in [0.1, 0.15) is 17.0 Å². The predicted molar refractivity (Wildman–Crippen MR) is 86.6 cm³/mol. The fourth-order valence-electron chi connectivity index (χ4n) is 5.76. The van der Waals surface area contributed by atoms with Crippen LogP contribution in [0.4, 0.5) is 4.39 Å². The van der Waals surface area contributed by atoms with E-state index in [4.69, 9.17) is 6.42 Å². The normalized spacial score (nSPS) is 44.8. The molecule has 1 aromatic carbocycles. The van der Waals surface area contributed by atoms with Crippen LogP contribution in [0.1, 0.15) is 50.2 Å². The number of rotatable bonds is 0. The molecule has 122 valence electrons. The van der Waals surface area contributed by atoms with Crippen LogP contribution < -0.4 is 0 Å². The van der Waals surface area contributed by atoms with Crippen LogP contribution in [-0.2, 0) is 12.1 Å². The molecule has 4 rings (SSSR count). The maximum Gasteiger partial charge on any atom is 0.139 e. The SMILES string of the molecule is C#C[C@@]1(O)CC[C@H]2[C@@H]3CCc4cc(O)ccc4[C@@]3(F)CC[C@@]21C. The van der Waals surface area contributed by atoms with Crippen LogP contribution in [0.3, 0.4) is 0 Å². The van der Waals surface area contributed by atoms with Crippen LogP contribution >= 0.6 is 0 Å². The second-order valence-electron chi connectivity index (χ2n) is 7.92. The van der Waals surface area contributed by atoms with E-state index in [-0.39, 0.29) is 17.6 Å². The second kappa shape index (κ2) is 4.51. The lowest BCUT2D eigenvalue weighted by Crippen LogP contribution is -2.54. The Hall–Kier alpha value is -1.53. The highest BCUT2D eigenvalue weighted by Crippen LogP contribution is 2.66. The van der Waals surface area contributed by atoms with Gasteiger partial charge >= 0.3 is 0 Å². The molecule has 1 aromatic rings. The summed E-state index contributed by atoms with van der Waals surface area (Å²) in [5.74, 6) is 2.84. The van der Waals surface area contributed by atoms with E-state index in [0.29, 0.717) is 19.3 Å². The highest BCUT2D eigenvalue weighted by molar-refractivity contribution is 5.42. The molecule has 0 heterocycles. The molecule has 0 spiro atoms. The second-order valence-corrected chi connectivity index (χ2v) is 7.92. The number of aliphatic hydroxyl groups is 1. The van der Waals surface area contributed by atoms with Crippen LogP contribution in [0, 0.1) is 29.6 Å². The van der Waals surface area contributed by atoms with Crippen molar-refractivity contribution in [1.29, 1.82) is 0 Å². The fraction of sp³-hybridized carbons (Fsp3) is 0.600. The molecule has 2 nitrogen and oxygen atoms in total. The quantitative estimate of drug-likeness (QED) is 0.717. The highest BCUT2D eigenvalue weighted by atomic mass is 19.1. The van der Waals surface area contributed by atoms with E-state index in [2.05, 4.69) is 12.8 Å². The van der Waals surface area contributed by atoms with E-state index in [0.717, 1.165) is 30.4 Å². The number of phenols is 1. The summed E-state index contributed by atoms with van der Waals surface area (Å²) in [4.78, 5) is 0. The Morgan fingerprint density at radius 1 is 1.22 bits per heavy atom. The highest BCUT2D eigenvalue weighted by Gasteiger charge is 2.65. The molecule has 3 aliphatic carbocycles. The summed E-state index contributed by atoms with van der Waals surface area (Å²) in [6, 6.07) is 5.04. The van der Waals surface area contributed by atoms with Crippen molar-refractivity contribution in [1.82, 2.24) is 0 Å². The molecule has 2 saturated carbocycles. The number of hydrogen-bond donors (Lipinski definition) is 2. The average molecular weight is 314 g/mol. The molecular weight excluding hydrogens is 291 g/mol. The predicted octanol–water partition coefficient (Wildman–Crippen LogP) is 3.69. The van der Waals surface area contributed by atoms with Crippen molar-refractivity contribution in [2.24, 2.45) is 17.3 Å². The summed E-state index contributed by atoms with van der Waals surface area (Å²) in [5, 5.41) is 20.6. The van der Waals surface area contributed by atoms with E-state index >= 15 is 4.39 Å². The van der Waals surface area contributed by atoms with Gasteiger partial charge in [-0.3, -0.25) is 0 Å². The zero-order valence-electron chi connectivity index (χ0n) is 13.5. The first-order valence-electron chi connectivity index (χ1n) is 8.55. The number of hydrogen-bond acceptors (Lipinski definition) is 2. The van der Waals surface area contributed by atoms with Crippen LogP contribution in [0.25, 0.3) is 0 Å². The van der Waals surface area contributed by atoms with Gasteiger partial charge in [-0.1, -0.05) is 18.9 Å². The lowest BCUT2D eigenvalue weighted by atomic mass is 9.52. The molecule has 0 aliphatic heterocycles. The van der Waals surface area contributed by atoms with E-state index in [1.807, 2.05) is 0 Å². The van der Waals surface area contributed by atoms with Crippen molar-refractivity contribution >= 4 is 0 Å². The first-order chi connectivity index (χ1) is 10.8. The summed E-state index contributed by atoms with van der Waals surface area (Å²) in [7, 11) is 0. The maximum atomic E-state index is 16.1. The third-order valence-corrected chi connectivity index (χ3v) is 7.16. The van der Waals surface area contributed by atoms with Crippen molar-refractivity contribution in [2.45, 2.75) is 56.7 Å². The molecule has 0 amide bonds. The van der Waals surface area contributed by atoms with Gasteiger partial charge in [-0.2, -0.15) is 0 Å². The summed E-state index contributed by atoms with van der Waals surface area (Å²) in [6.45, 7) is 2.05. The number of aromatic hydroxyl groups is 1. The summed E-state index contributed by atoms with van der Waals surface area (Å²) in [6.07, 6.45) is 9.53. The maximum absolute atomic E-state index is 16.1. The molecule has 0 radical (unpaired) electrons. The molecule has 0 saturated heterocycles. The summed E-state index contributed by atoms with van der Waals surface area (Å²) < 4.78 is 16.1. The number of terminal acetylenes is 1. The van der Waals surface area contributed by atoms with E-state index < -0.39 is 16.7 Å². The number of benzene rings is 1. The van der Waals surface area contributed by atoms with Crippen molar-refractivity contribution < 1.29 is 14.6 Å². The fourth-order valence-corrected chi connectivity index (χ4v) is 5.76. The van der Waals surface area contributed by atoms with Crippen molar-refractivity contribution in [3.8, 4) is 18.1 Å². The Bertz CT molecular complexity index is 708. The molecule has 23 heavy (non-hydrogen) atoms. The van der Waals surface area contributed by atoms with Gasteiger partial charge in [0.2, 0.25) is 0 Å². The first-order valence-corrected chi connectivity index (χ1v) is 8.55. The van der Waals surface area contributed by atoms with Gasteiger partial charge < -0.3 is 10.2 Å². The minimum absolute atomic E-state index is 0.0966. The molecule has 0 unspecified atom stereocenters. The number of halogens is 1. The van der Waals surface area contributed by atoms with Gasteiger partial charge in [0.25, 0.3) is 0 Å². The topological polar surface area (TPSA) is 40.5 Å². The third-order valence-electron chi connectivity index (χ3n) is 7.16. The summed E-state index contributed by atoms with van der Waals surface area (Å²) in [5.41, 5.74) is -1.18. The van der Waals surface area contributed by atoms with Crippen LogP contribution in [0.15, 0.2) is 18.2 Å². The average Bonchev–Trinajstić information content (AvgIpc) is 2.80. The zero-order chi connectivity index (χ0) is 16.5. The lowest BCUT2D eigenvalue weighted by Gasteiger charge is -2.54. The van der Waals surface area contributed by atoms with E-state index in [9.17, 15) is 10.2 Å². The molecule has 2 N–H and O–H groups in total. The van der Waals surface area contributed by atoms with Gasteiger partial charge in [0, 0.05) is 11.3 Å². The number of fused-ring (bicyclic) bond motifs is 5. The van der Waals surface area contributed by atoms with Crippen LogP contribution in [0.5, 0.6) is 5.75 Å². The number of aryl methyl sites for hydroxylation is 1. The van der Waals surface area contributed by atoms with Gasteiger partial charge in [-0.05, 0) is 67.7 Å². The Balaban J connectivity index is 1.79. The smallest absolute Gasteiger partial charge is 0.139 e. The Kier molecular flexibility index (Phi) is 2.95. The standard InChI is InChI=1S/C20H23FO2/c1-3-19(23)9-8-16-17-6-4-13-12-14(22)5-7-15(13)20(17,21)11-10-18(16,19)2/h1,5,7,12,16-17,22-23H,4,6,8-11H2,2H3/t16-,17-,18-,19+,20-/m0/s1. The minimum Gasteiger partial charge on any atom is -0.508 e. The number of phenolic OH excluding ortho intramolecular Hbond substituents is 1. The van der Waals surface area contributed by atoms with Gasteiger partial charge in [-0.15, -0.1) is 6.42 Å². The third kappa shape index (κ3) is 1.73. The first kappa shape index (κ1) is 15.0. The van der Waals surface area contributed by atoms with Gasteiger partial charge in [-0.25, -0.2) is 4.39 Å². The van der Waals surface area contributed by atoms with Crippen molar-refractivity contribution in [2.75, 3.05) is 0 Å². The minimum atomic E-state index is -1.36. The van der Waals surface area contributed by atoms with E-state index in [1.165, 1.54) is 0 Å². The van der Waals surface area contributed by atoms with Crippen molar-refractivity contribution in [3.05, 3.63) is 29.3 Å². The van der Waals surface area contributed by atoms with Crippen LogP contribution in [-0.4, -0.2) is 15.8 Å². The Morgan fingerprint density at radius 2 is 2.00 bits per heavy atom. The van der Waals surface area contributed by atoms with Crippen LogP contribution in [0.2, 0.25) is 0 Å². The molecule has 3 aliphatic rings. The molecule has 0 bridgehead atoms. The lowest BCUT2D eigenvalue weighted by molar-refractivity contribution is -0.120. The van der Waals surface area contributed by atoms with Crippen molar-refractivity contribution in [3.63, 3.8) is 0 Å².